The Hall–Kier alpha value is -0.110. The summed E-state index contributed by atoms with van der Waals surface area (Å²) in [5.74, 6) is 0. The molecule has 0 aliphatic carbocycles. The van der Waals surface area contributed by atoms with Gasteiger partial charge in [0.2, 0.25) is 0 Å². The molecule has 0 aliphatic rings. The van der Waals surface area contributed by atoms with Crippen molar-refractivity contribution >= 4 is 0 Å². The lowest BCUT2D eigenvalue weighted by molar-refractivity contribution is 0.287. The quantitative estimate of drug-likeness (QED) is 0.573. The molecule has 0 radical (unpaired) electrons. The second-order valence-corrected chi connectivity index (χ2v) is 2.67. The zero-order valence-corrected chi connectivity index (χ0v) is 6.78. The molecule has 0 spiro atoms. The van der Waals surface area contributed by atoms with Gasteiger partial charge in [0.15, 0.2) is 0 Å². The second kappa shape index (κ2) is 7.00. The number of rotatable bonds is 6. The summed E-state index contributed by atoms with van der Waals surface area (Å²) in [6, 6.07) is 0. The molecule has 0 bridgehead atoms. The van der Waals surface area contributed by atoms with E-state index in [9.17, 15) is 4.39 Å². The molecule has 0 aromatic heterocycles. The van der Waals surface area contributed by atoms with E-state index < -0.39 is 6.17 Å². The normalized spacial score (nSPS) is 13.5. The van der Waals surface area contributed by atoms with E-state index in [0.29, 0.717) is 19.4 Å². The highest BCUT2D eigenvalue weighted by Gasteiger charge is 2.02. The minimum Gasteiger partial charge on any atom is -0.330 e. The van der Waals surface area contributed by atoms with Crippen LogP contribution in [-0.2, 0) is 0 Å². The summed E-state index contributed by atoms with van der Waals surface area (Å²) >= 11 is 0. The maximum absolute atomic E-state index is 12.7. The van der Waals surface area contributed by atoms with E-state index in [2.05, 4.69) is 0 Å². The Morgan fingerprint density at radius 3 is 2.50 bits per heavy atom. The Bertz CT molecular complexity index is 66.3. The van der Waals surface area contributed by atoms with Crippen LogP contribution in [0.5, 0.6) is 0 Å². The number of unbranched alkanes of at least 4 members (excludes halogenated alkanes) is 1. The van der Waals surface area contributed by atoms with Gasteiger partial charge in [0.25, 0.3) is 0 Å². The number of nitrogens with two attached hydrogens (primary N) is 1. The van der Waals surface area contributed by atoms with Crippen LogP contribution in [0.4, 0.5) is 4.39 Å². The Labute approximate surface area is 62.8 Å². The predicted octanol–water partition coefficient (Wildman–Crippen LogP) is 2.25. The molecule has 62 valence electrons. The third-order valence-corrected chi connectivity index (χ3v) is 1.57. The fourth-order valence-electron chi connectivity index (χ4n) is 0.968. The highest BCUT2D eigenvalue weighted by atomic mass is 19.1. The molecule has 10 heavy (non-hydrogen) atoms. The van der Waals surface area contributed by atoms with E-state index in [1.54, 1.807) is 0 Å². The molecule has 1 atom stereocenters. The largest absolute Gasteiger partial charge is 0.330 e. The summed E-state index contributed by atoms with van der Waals surface area (Å²) in [4.78, 5) is 0. The first-order chi connectivity index (χ1) is 4.81. The van der Waals surface area contributed by atoms with Crippen molar-refractivity contribution in [2.24, 2.45) is 5.73 Å². The van der Waals surface area contributed by atoms with Gasteiger partial charge in [-0.25, -0.2) is 4.39 Å². The summed E-state index contributed by atoms with van der Waals surface area (Å²) in [7, 11) is 0. The van der Waals surface area contributed by atoms with Gasteiger partial charge in [-0.15, -0.1) is 0 Å². The minimum absolute atomic E-state index is 0.587. The molecule has 2 N–H and O–H groups in total. The van der Waals surface area contributed by atoms with Gasteiger partial charge in [0, 0.05) is 0 Å². The van der Waals surface area contributed by atoms with E-state index >= 15 is 0 Å². The van der Waals surface area contributed by atoms with Crippen LogP contribution in [0, 0.1) is 0 Å². The topological polar surface area (TPSA) is 26.0 Å². The van der Waals surface area contributed by atoms with Crippen molar-refractivity contribution in [1.82, 2.24) is 0 Å². The Morgan fingerprint density at radius 2 is 2.00 bits per heavy atom. The summed E-state index contributed by atoms with van der Waals surface area (Å²) in [6.07, 6.45) is 3.68. The lowest BCUT2D eigenvalue weighted by Gasteiger charge is -2.04. The molecular weight excluding hydrogens is 129 g/mol. The average Bonchev–Trinajstić information content (AvgIpc) is 1.89. The van der Waals surface area contributed by atoms with Crippen molar-refractivity contribution in [1.29, 1.82) is 0 Å². The molecule has 0 heterocycles. The van der Waals surface area contributed by atoms with E-state index in [1.165, 1.54) is 0 Å². The third-order valence-electron chi connectivity index (χ3n) is 1.57. The van der Waals surface area contributed by atoms with Crippen LogP contribution in [0.1, 0.15) is 39.0 Å². The summed E-state index contributed by atoms with van der Waals surface area (Å²) in [6.45, 7) is 2.70. The molecule has 1 nitrogen and oxygen atoms in total. The van der Waals surface area contributed by atoms with E-state index in [-0.39, 0.29) is 0 Å². The van der Waals surface area contributed by atoms with Crippen molar-refractivity contribution in [3.05, 3.63) is 0 Å². The van der Waals surface area contributed by atoms with Crippen LogP contribution >= 0.6 is 0 Å². The summed E-state index contributed by atoms with van der Waals surface area (Å²) in [5, 5.41) is 0. The Kier molecular flexibility index (Phi) is 6.93. The molecule has 0 saturated heterocycles. The SMILES string of the molecule is CCCC(F)CCCCN. The summed E-state index contributed by atoms with van der Waals surface area (Å²) in [5.41, 5.74) is 5.27. The van der Waals surface area contributed by atoms with Crippen molar-refractivity contribution in [3.63, 3.8) is 0 Å². The number of hydrogen-bond acceptors (Lipinski definition) is 1. The molecule has 2 heteroatoms. The van der Waals surface area contributed by atoms with Crippen LogP contribution in [0.3, 0.4) is 0 Å². The van der Waals surface area contributed by atoms with Crippen molar-refractivity contribution in [3.8, 4) is 0 Å². The predicted molar refractivity (Wildman–Crippen MR) is 42.7 cm³/mol. The van der Waals surface area contributed by atoms with Gasteiger partial charge in [-0.3, -0.25) is 0 Å². The first kappa shape index (κ1) is 9.89. The molecule has 1 unspecified atom stereocenters. The van der Waals surface area contributed by atoms with Crippen molar-refractivity contribution < 1.29 is 4.39 Å². The fourth-order valence-corrected chi connectivity index (χ4v) is 0.968. The van der Waals surface area contributed by atoms with E-state index in [4.69, 9.17) is 5.73 Å². The Balaban J connectivity index is 2.97. The molecular formula is C8H18FN. The van der Waals surface area contributed by atoms with Crippen molar-refractivity contribution in [2.45, 2.75) is 45.2 Å². The molecule has 0 aromatic carbocycles. The van der Waals surface area contributed by atoms with Crippen LogP contribution in [0.25, 0.3) is 0 Å². The van der Waals surface area contributed by atoms with Gasteiger partial charge in [-0.05, 0) is 32.2 Å². The van der Waals surface area contributed by atoms with Gasteiger partial charge in [-0.1, -0.05) is 13.3 Å². The second-order valence-electron chi connectivity index (χ2n) is 2.67. The van der Waals surface area contributed by atoms with Crippen LogP contribution in [-0.4, -0.2) is 12.7 Å². The smallest absolute Gasteiger partial charge is 0.100 e. The first-order valence-electron chi connectivity index (χ1n) is 4.15. The van der Waals surface area contributed by atoms with Gasteiger partial charge < -0.3 is 5.73 Å². The van der Waals surface area contributed by atoms with Crippen LogP contribution in [0.15, 0.2) is 0 Å². The maximum atomic E-state index is 12.7. The van der Waals surface area contributed by atoms with Gasteiger partial charge in [0.1, 0.15) is 6.17 Å². The third kappa shape index (κ3) is 6.02. The number of halogens is 1. The highest BCUT2D eigenvalue weighted by Crippen LogP contribution is 2.09. The zero-order chi connectivity index (χ0) is 7.82. The summed E-state index contributed by atoms with van der Waals surface area (Å²) < 4.78 is 12.7. The molecule has 0 aliphatic heterocycles. The lowest BCUT2D eigenvalue weighted by atomic mass is 10.1. The lowest BCUT2D eigenvalue weighted by Crippen LogP contribution is -2.02. The van der Waals surface area contributed by atoms with E-state index in [1.807, 2.05) is 6.92 Å². The zero-order valence-electron chi connectivity index (χ0n) is 6.78. The van der Waals surface area contributed by atoms with Crippen LogP contribution in [0.2, 0.25) is 0 Å². The molecule has 0 saturated carbocycles. The molecule has 0 fully saturated rings. The molecule has 0 aromatic rings. The van der Waals surface area contributed by atoms with Gasteiger partial charge in [-0.2, -0.15) is 0 Å². The Morgan fingerprint density at radius 1 is 1.30 bits per heavy atom. The number of hydrogen-bond donors (Lipinski definition) is 1. The maximum Gasteiger partial charge on any atom is 0.100 e. The minimum atomic E-state index is -0.587. The molecule has 0 rings (SSSR count). The first-order valence-corrected chi connectivity index (χ1v) is 4.15. The highest BCUT2D eigenvalue weighted by molar-refractivity contribution is 4.55. The fraction of sp³-hybridized carbons (Fsp3) is 1.00. The monoisotopic (exact) mass is 147 g/mol. The van der Waals surface area contributed by atoms with Crippen LogP contribution < -0.4 is 5.73 Å². The van der Waals surface area contributed by atoms with Gasteiger partial charge in [0.05, 0.1) is 0 Å². The van der Waals surface area contributed by atoms with Gasteiger partial charge >= 0.3 is 0 Å². The van der Waals surface area contributed by atoms with Crippen molar-refractivity contribution in [2.75, 3.05) is 6.54 Å². The number of alkyl halides is 1. The molecule has 0 amide bonds. The van der Waals surface area contributed by atoms with E-state index in [0.717, 1.165) is 19.3 Å². The standard InChI is InChI=1S/C8H18FN/c1-2-5-8(9)6-3-4-7-10/h8H,2-7,10H2,1H3. The average molecular weight is 147 g/mol.